The maximum atomic E-state index is 10.1. The Morgan fingerprint density at radius 3 is 2.45 bits per heavy atom. The van der Waals surface area contributed by atoms with E-state index in [1.807, 2.05) is 6.07 Å². The predicted octanol–water partition coefficient (Wildman–Crippen LogP) is 2.02. The second-order valence-electron chi connectivity index (χ2n) is 5.62. The quantitative estimate of drug-likeness (QED) is 0.473. The van der Waals surface area contributed by atoms with Gasteiger partial charge < -0.3 is 16.8 Å². The van der Waals surface area contributed by atoms with Gasteiger partial charge >= 0.3 is 18.9 Å². The van der Waals surface area contributed by atoms with E-state index in [0.29, 0.717) is 18.6 Å². The van der Waals surface area contributed by atoms with Crippen molar-refractivity contribution in [1.82, 2.24) is 0 Å². The van der Waals surface area contributed by atoms with Crippen LogP contribution >= 0.6 is 0 Å². The molecule has 2 nitrogen and oxygen atoms in total. The fourth-order valence-electron chi connectivity index (χ4n) is 2.18. The topological polar surface area (TPSA) is 29.5 Å². The van der Waals surface area contributed by atoms with E-state index in [4.69, 9.17) is 4.74 Å². The van der Waals surface area contributed by atoms with Gasteiger partial charge in [-0.3, -0.25) is 0 Å². The fraction of sp³-hybridized carbons (Fsp3) is 0.421. The van der Waals surface area contributed by atoms with E-state index >= 15 is 0 Å². The number of rotatable bonds is 7. The molecule has 0 unspecified atom stereocenters. The number of aromatic hydroxyl groups is 1. The average molecular weight is 294 g/mol. The first-order chi connectivity index (χ1) is 9.97. The molecular weight excluding hydrogens is 267 g/mol. The number of ether oxygens (including phenoxy) is 1. The minimum atomic E-state index is 0. The Hall–Kier alpha value is -1.10. The molecule has 0 spiro atoms. The maximum absolute atomic E-state index is 10.1. The van der Waals surface area contributed by atoms with Crippen LogP contribution in [0.3, 0.4) is 0 Å². The van der Waals surface area contributed by atoms with E-state index in [-0.39, 0.29) is 18.9 Å². The van der Waals surface area contributed by atoms with Gasteiger partial charge in [-0.05, 0) is 52.2 Å². The molecule has 3 heteroatoms. The summed E-state index contributed by atoms with van der Waals surface area (Å²) < 4.78 is 5.39. The summed E-state index contributed by atoms with van der Waals surface area (Å²) in [5, 5.41) is 10.1. The predicted molar refractivity (Wildman–Crippen MR) is 89.8 cm³/mol. The van der Waals surface area contributed by atoms with E-state index in [2.05, 4.69) is 39.8 Å². The second kappa shape index (κ2) is 10.6. The van der Waals surface area contributed by atoms with Crippen LogP contribution in [0, 0.1) is 6.92 Å². The molecule has 0 saturated heterocycles. The minimum Gasteiger partial charge on any atom is -0.508 e. The number of phenolic OH excluding ortho intramolecular Hbond substituents is 1. The third kappa shape index (κ3) is 6.77. The number of allylic oxidation sites excluding steroid dienone is 4. The van der Waals surface area contributed by atoms with Gasteiger partial charge in [0, 0.05) is 5.56 Å². The van der Waals surface area contributed by atoms with Gasteiger partial charge in [-0.2, -0.15) is 6.42 Å². The van der Waals surface area contributed by atoms with Crippen molar-refractivity contribution in [3.05, 3.63) is 53.5 Å². The van der Waals surface area contributed by atoms with Crippen LogP contribution in [0.25, 0.3) is 0 Å². The number of hydrogen-bond donors (Lipinski definition) is 1. The van der Waals surface area contributed by atoms with Gasteiger partial charge in [-0.15, -0.1) is 0 Å². The van der Waals surface area contributed by atoms with E-state index in [1.165, 1.54) is 11.1 Å². The fourth-order valence-corrected chi connectivity index (χ4v) is 2.18. The molecule has 0 fully saturated rings. The molecule has 0 bridgehead atoms. The third-order valence-electron chi connectivity index (χ3n) is 3.50. The van der Waals surface area contributed by atoms with Crippen LogP contribution in [-0.2, 0) is 12.8 Å². The molecule has 0 atom stereocenters. The summed E-state index contributed by atoms with van der Waals surface area (Å²) >= 11 is 0. The SMILES string of the molecule is [CH2-]Cc1cc(O)c(C/C=C(\C)CCC=C(C)C)c(OC)c1.[Li+]. The second-order valence-corrected chi connectivity index (χ2v) is 5.62. The molecule has 116 valence electrons. The molecule has 0 aliphatic heterocycles. The van der Waals surface area contributed by atoms with Crippen LogP contribution in [0.2, 0.25) is 0 Å². The summed E-state index contributed by atoms with van der Waals surface area (Å²) in [6.45, 7) is 10.2. The molecule has 0 aliphatic carbocycles. The summed E-state index contributed by atoms with van der Waals surface area (Å²) in [6.07, 6.45) is 7.85. The van der Waals surface area contributed by atoms with Crippen molar-refractivity contribution in [1.29, 1.82) is 0 Å². The van der Waals surface area contributed by atoms with Crippen molar-refractivity contribution in [2.75, 3.05) is 7.11 Å². The Morgan fingerprint density at radius 1 is 1.23 bits per heavy atom. The summed E-state index contributed by atoms with van der Waals surface area (Å²) in [5.41, 5.74) is 4.51. The van der Waals surface area contributed by atoms with Crippen LogP contribution in [0.1, 0.15) is 44.7 Å². The Morgan fingerprint density at radius 2 is 1.91 bits per heavy atom. The molecule has 1 rings (SSSR count). The Balaban J connectivity index is 0.00000441. The van der Waals surface area contributed by atoms with Crippen LogP contribution in [0.4, 0.5) is 0 Å². The van der Waals surface area contributed by atoms with Crippen LogP contribution in [0.15, 0.2) is 35.4 Å². The Kier molecular flexibility index (Phi) is 10.1. The number of benzene rings is 1. The Labute approximate surface area is 147 Å². The first kappa shape index (κ1) is 20.9. The normalized spacial score (nSPS) is 10.9. The van der Waals surface area contributed by atoms with Crippen molar-refractivity contribution in [3.8, 4) is 11.5 Å². The van der Waals surface area contributed by atoms with Crippen LogP contribution in [-0.4, -0.2) is 12.2 Å². The monoisotopic (exact) mass is 294 g/mol. The van der Waals surface area contributed by atoms with Gasteiger partial charge in [-0.25, -0.2) is 0 Å². The van der Waals surface area contributed by atoms with Crippen molar-refractivity contribution in [2.24, 2.45) is 0 Å². The number of hydrogen-bond acceptors (Lipinski definition) is 2. The molecule has 22 heavy (non-hydrogen) atoms. The molecular formula is C19H27LiO2. The van der Waals surface area contributed by atoms with Crippen LogP contribution < -0.4 is 23.6 Å². The average Bonchev–Trinajstić information content (AvgIpc) is 2.44. The molecule has 1 N–H and O–H groups in total. The van der Waals surface area contributed by atoms with E-state index < -0.39 is 0 Å². The molecule has 1 aromatic rings. The molecule has 0 radical (unpaired) electrons. The summed E-state index contributed by atoms with van der Waals surface area (Å²) in [4.78, 5) is 0. The standard InChI is InChI=1S/C19H27O2.Li/c1-6-16-12-18(20)17(19(13-16)21-5)11-10-15(4)9-7-8-14(2)3;/h8,10,12-13,20H,1,6-7,9,11H2,2-5H3;/q-1;+1/b15-10+;. The summed E-state index contributed by atoms with van der Waals surface area (Å²) in [5.74, 6) is 1.03. The van der Waals surface area contributed by atoms with Gasteiger partial charge in [0.05, 0.1) is 7.11 Å². The van der Waals surface area contributed by atoms with Crippen LogP contribution in [0.5, 0.6) is 11.5 Å². The summed E-state index contributed by atoms with van der Waals surface area (Å²) in [6, 6.07) is 3.73. The molecule has 1 aromatic carbocycles. The van der Waals surface area contributed by atoms with Gasteiger partial charge in [0.15, 0.2) is 0 Å². The smallest absolute Gasteiger partial charge is 0.508 e. The molecule has 0 saturated carbocycles. The molecule has 0 aliphatic rings. The van der Waals surface area contributed by atoms with Crippen molar-refractivity contribution < 1.29 is 28.7 Å². The van der Waals surface area contributed by atoms with Gasteiger partial charge in [-0.1, -0.05) is 28.9 Å². The summed E-state index contributed by atoms with van der Waals surface area (Å²) in [7, 11) is 1.64. The minimum absolute atomic E-state index is 0. The first-order valence-corrected chi connectivity index (χ1v) is 7.45. The first-order valence-electron chi connectivity index (χ1n) is 7.45. The largest absolute Gasteiger partial charge is 1.00 e. The van der Waals surface area contributed by atoms with E-state index in [0.717, 1.165) is 29.7 Å². The zero-order chi connectivity index (χ0) is 15.8. The third-order valence-corrected chi connectivity index (χ3v) is 3.50. The Bertz CT molecular complexity index is 526. The number of methoxy groups -OCH3 is 1. The molecule has 0 heterocycles. The molecule has 0 aromatic heterocycles. The van der Waals surface area contributed by atoms with Crippen molar-refractivity contribution in [3.63, 3.8) is 0 Å². The zero-order valence-corrected chi connectivity index (χ0v) is 14.7. The van der Waals surface area contributed by atoms with E-state index in [1.54, 1.807) is 13.2 Å². The van der Waals surface area contributed by atoms with E-state index in [9.17, 15) is 5.11 Å². The maximum Gasteiger partial charge on any atom is 1.00 e. The number of phenols is 1. The van der Waals surface area contributed by atoms with Crippen molar-refractivity contribution in [2.45, 2.75) is 46.5 Å². The van der Waals surface area contributed by atoms with Gasteiger partial charge in [0.2, 0.25) is 0 Å². The zero-order valence-electron chi connectivity index (χ0n) is 14.7. The van der Waals surface area contributed by atoms with Crippen molar-refractivity contribution >= 4 is 0 Å². The molecule has 0 amide bonds. The van der Waals surface area contributed by atoms with Gasteiger partial charge in [0.25, 0.3) is 0 Å². The van der Waals surface area contributed by atoms with Gasteiger partial charge in [0.1, 0.15) is 11.5 Å².